The SMILES string of the molecule is COC(=O)[C@@H](NC(=O)C(C)SSC(C)C(=O)N[C@H](C(=O)OC)C(C)C)C(C)C. The maximum absolute atomic E-state index is 12.3. The monoisotopic (exact) mass is 436 g/mol. The highest BCUT2D eigenvalue weighted by Crippen LogP contribution is 2.31. The first kappa shape index (κ1) is 26.6. The molecule has 0 saturated heterocycles. The van der Waals surface area contributed by atoms with Crippen molar-refractivity contribution < 1.29 is 28.7 Å². The molecule has 8 nitrogen and oxygen atoms in total. The summed E-state index contributed by atoms with van der Waals surface area (Å²) in [5.74, 6) is -1.85. The third-order valence-electron chi connectivity index (χ3n) is 3.92. The van der Waals surface area contributed by atoms with E-state index in [1.165, 1.54) is 35.8 Å². The Hall–Kier alpha value is -1.42. The van der Waals surface area contributed by atoms with E-state index in [9.17, 15) is 19.2 Å². The largest absolute Gasteiger partial charge is 0.467 e. The number of carbonyl (C=O) groups excluding carboxylic acids is 4. The maximum atomic E-state index is 12.3. The van der Waals surface area contributed by atoms with Gasteiger partial charge in [0.1, 0.15) is 12.1 Å². The minimum atomic E-state index is -0.724. The molecule has 0 saturated carbocycles. The highest BCUT2D eigenvalue weighted by molar-refractivity contribution is 8.77. The van der Waals surface area contributed by atoms with Gasteiger partial charge in [0.05, 0.1) is 24.7 Å². The lowest BCUT2D eigenvalue weighted by Gasteiger charge is -2.23. The fourth-order valence-electron chi connectivity index (χ4n) is 2.04. The van der Waals surface area contributed by atoms with Gasteiger partial charge in [-0.3, -0.25) is 9.59 Å². The van der Waals surface area contributed by atoms with Crippen molar-refractivity contribution >= 4 is 45.3 Å². The molecule has 2 amide bonds. The van der Waals surface area contributed by atoms with Crippen LogP contribution in [0, 0.1) is 11.8 Å². The summed E-state index contributed by atoms with van der Waals surface area (Å²) in [5, 5.41) is 4.37. The topological polar surface area (TPSA) is 111 Å². The van der Waals surface area contributed by atoms with Crippen LogP contribution in [0.5, 0.6) is 0 Å². The van der Waals surface area contributed by atoms with Crippen LogP contribution < -0.4 is 10.6 Å². The maximum Gasteiger partial charge on any atom is 0.328 e. The molecule has 0 bridgehead atoms. The fraction of sp³-hybridized carbons (Fsp3) is 0.778. The molecule has 0 radical (unpaired) electrons. The molecule has 0 fully saturated rings. The van der Waals surface area contributed by atoms with Gasteiger partial charge in [-0.2, -0.15) is 0 Å². The number of esters is 2. The van der Waals surface area contributed by atoms with E-state index in [0.717, 1.165) is 0 Å². The summed E-state index contributed by atoms with van der Waals surface area (Å²) in [6, 6.07) is -1.45. The van der Waals surface area contributed by atoms with Gasteiger partial charge in [0.15, 0.2) is 0 Å². The molecule has 0 spiro atoms. The Morgan fingerprint density at radius 3 is 1.14 bits per heavy atom. The Balaban J connectivity index is 4.69. The first-order valence-electron chi connectivity index (χ1n) is 9.04. The Morgan fingerprint density at radius 1 is 0.643 bits per heavy atom. The van der Waals surface area contributed by atoms with Crippen molar-refractivity contribution in [1.82, 2.24) is 10.6 Å². The Kier molecular flexibility index (Phi) is 12.3. The van der Waals surface area contributed by atoms with E-state index < -0.39 is 34.5 Å². The Bertz CT molecular complexity index is 508. The summed E-state index contributed by atoms with van der Waals surface area (Å²) in [6.07, 6.45) is 0. The van der Waals surface area contributed by atoms with Crippen molar-refractivity contribution in [1.29, 1.82) is 0 Å². The smallest absolute Gasteiger partial charge is 0.328 e. The number of carbonyl (C=O) groups is 4. The van der Waals surface area contributed by atoms with Crippen LogP contribution in [0.1, 0.15) is 41.5 Å². The van der Waals surface area contributed by atoms with Gasteiger partial charge >= 0.3 is 11.9 Å². The summed E-state index contributed by atoms with van der Waals surface area (Å²) >= 11 is 0. The normalized spacial score (nSPS) is 15.4. The zero-order valence-corrected chi connectivity index (χ0v) is 19.4. The second-order valence-electron chi connectivity index (χ2n) is 6.98. The van der Waals surface area contributed by atoms with E-state index in [1.807, 2.05) is 27.7 Å². The molecule has 4 atom stereocenters. The van der Waals surface area contributed by atoms with Crippen LogP contribution in [-0.2, 0) is 28.7 Å². The Labute approximate surface area is 175 Å². The summed E-state index contributed by atoms with van der Waals surface area (Å²) in [7, 11) is 4.99. The molecule has 28 heavy (non-hydrogen) atoms. The fourth-order valence-corrected chi connectivity index (χ4v) is 4.21. The minimum absolute atomic E-state index is 0.114. The first-order chi connectivity index (χ1) is 13.0. The second kappa shape index (κ2) is 12.9. The molecule has 0 heterocycles. The predicted octanol–water partition coefficient (Wildman–Crippen LogP) is 1.77. The van der Waals surface area contributed by atoms with Crippen molar-refractivity contribution in [3.63, 3.8) is 0 Å². The molecule has 0 aliphatic rings. The number of methoxy groups -OCH3 is 2. The van der Waals surface area contributed by atoms with Gasteiger partial charge in [-0.1, -0.05) is 49.3 Å². The number of amides is 2. The van der Waals surface area contributed by atoms with Gasteiger partial charge in [-0.05, 0) is 25.7 Å². The first-order valence-corrected chi connectivity index (χ1v) is 11.3. The van der Waals surface area contributed by atoms with E-state index >= 15 is 0 Å². The van der Waals surface area contributed by atoms with Crippen molar-refractivity contribution in [2.24, 2.45) is 11.8 Å². The van der Waals surface area contributed by atoms with E-state index in [0.29, 0.717) is 0 Å². The average molecular weight is 437 g/mol. The average Bonchev–Trinajstić information content (AvgIpc) is 2.65. The summed E-state index contributed by atoms with van der Waals surface area (Å²) in [6.45, 7) is 10.6. The molecule has 2 unspecified atom stereocenters. The number of rotatable bonds is 11. The van der Waals surface area contributed by atoms with Crippen LogP contribution in [0.3, 0.4) is 0 Å². The molecule has 0 aromatic rings. The predicted molar refractivity (Wildman–Crippen MR) is 112 cm³/mol. The molecule has 0 aliphatic heterocycles. The second-order valence-corrected chi connectivity index (χ2v) is 9.94. The lowest BCUT2D eigenvalue weighted by atomic mass is 10.0. The molecule has 10 heteroatoms. The minimum Gasteiger partial charge on any atom is -0.467 e. The van der Waals surface area contributed by atoms with Crippen LogP contribution in [0.25, 0.3) is 0 Å². The number of hydrogen-bond donors (Lipinski definition) is 2. The molecule has 2 N–H and O–H groups in total. The zero-order valence-electron chi connectivity index (χ0n) is 17.7. The standard InChI is InChI=1S/C18H32N2O6S2/c1-9(2)13(17(23)25-7)19-15(21)11(5)27-28-12(6)16(22)20-14(10(3)4)18(24)26-8/h9-14H,1-8H3,(H,19,21)(H,20,22)/t11?,12?,13-,14-/m0/s1. The van der Waals surface area contributed by atoms with Crippen LogP contribution >= 0.6 is 21.6 Å². The molecule has 0 rings (SSSR count). The number of ether oxygens (including phenoxy) is 2. The third kappa shape index (κ3) is 8.72. The van der Waals surface area contributed by atoms with Crippen molar-refractivity contribution in [2.45, 2.75) is 64.1 Å². The molecule has 162 valence electrons. The van der Waals surface area contributed by atoms with Gasteiger partial charge in [-0.25, -0.2) is 9.59 Å². The number of nitrogens with one attached hydrogen (secondary N) is 2. The Morgan fingerprint density at radius 2 is 0.929 bits per heavy atom. The van der Waals surface area contributed by atoms with E-state index in [-0.39, 0.29) is 23.7 Å². The van der Waals surface area contributed by atoms with Crippen LogP contribution in [-0.4, -0.2) is 60.6 Å². The van der Waals surface area contributed by atoms with Crippen molar-refractivity contribution in [3.05, 3.63) is 0 Å². The zero-order chi connectivity index (χ0) is 22.0. The summed E-state index contributed by atoms with van der Waals surface area (Å²) in [5.41, 5.74) is 0. The quantitative estimate of drug-likeness (QED) is 0.372. The molecule has 0 aliphatic carbocycles. The molecular formula is C18H32N2O6S2. The highest BCUT2D eigenvalue weighted by Gasteiger charge is 2.29. The van der Waals surface area contributed by atoms with Crippen molar-refractivity contribution in [2.75, 3.05) is 14.2 Å². The van der Waals surface area contributed by atoms with Crippen LogP contribution in [0.2, 0.25) is 0 Å². The van der Waals surface area contributed by atoms with Crippen LogP contribution in [0.15, 0.2) is 0 Å². The molecule has 0 aromatic heterocycles. The highest BCUT2D eigenvalue weighted by atomic mass is 33.1. The van der Waals surface area contributed by atoms with Gasteiger partial charge in [0.2, 0.25) is 11.8 Å². The lowest BCUT2D eigenvalue weighted by Crippen LogP contribution is -2.48. The van der Waals surface area contributed by atoms with Crippen molar-refractivity contribution in [3.8, 4) is 0 Å². The van der Waals surface area contributed by atoms with Gasteiger partial charge in [0.25, 0.3) is 0 Å². The molecular weight excluding hydrogens is 404 g/mol. The van der Waals surface area contributed by atoms with Gasteiger partial charge in [0, 0.05) is 0 Å². The van der Waals surface area contributed by atoms with Gasteiger partial charge < -0.3 is 20.1 Å². The van der Waals surface area contributed by atoms with Gasteiger partial charge in [-0.15, -0.1) is 0 Å². The summed E-state index contributed by atoms with van der Waals surface area (Å²) < 4.78 is 9.42. The van der Waals surface area contributed by atoms with E-state index in [1.54, 1.807) is 13.8 Å². The van der Waals surface area contributed by atoms with E-state index in [4.69, 9.17) is 9.47 Å². The third-order valence-corrected chi connectivity index (χ3v) is 7.10. The lowest BCUT2D eigenvalue weighted by molar-refractivity contribution is -0.146. The molecule has 0 aromatic carbocycles. The summed E-state index contributed by atoms with van der Waals surface area (Å²) in [4.78, 5) is 48.2. The van der Waals surface area contributed by atoms with Crippen LogP contribution in [0.4, 0.5) is 0 Å². The van der Waals surface area contributed by atoms with E-state index in [2.05, 4.69) is 10.6 Å². The number of hydrogen-bond acceptors (Lipinski definition) is 8.